The third-order valence-electron chi connectivity index (χ3n) is 4.82. The van der Waals surface area contributed by atoms with Gasteiger partial charge in [0.25, 0.3) is 5.91 Å². The Hall–Kier alpha value is -3.21. The van der Waals surface area contributed by atoms with Crippen molar-refractivity contribution in [2.24, 2.45) is 7.05 Å². The summed E-state index contributed by atoms with van der Waals surface area (Å²) < 4.78 is 1.38. The molecule has 26 heavy (non-hydrogen) atoms. The van der Waals surface area contributed by atoms with E-state index in [0.29, 0.717) is 23.2 Å². The number of hydrogen-bond donors (Lipinski definition) is 1. The zero-order chi connectivity index (χ0) is 18.1. The predicted molar refractivity (Wildman–Crippen MR) is 100 cm³/mol. The van der Waals surface area contributed by atoms with Crippen LogP contribution in [0.25, 0.3) is 0 Å². The molecule has 1 fully saturated rings. The lowest BCUT2D eigenvalue weighted by Gasteiger charge is -2.07. The minimum absolute atomic E-state index is 0.151. The van der Waals surface area contributed by atoms with E-state index in [1.165, 1.54) is 34.0 Å². The van der Waals surface area contributed by atoms with E-state index in [9.17, 15) is 9.59 Å². The Morgan fingerprint density at radius 3 is 2.50 bits per heavy atom. The molecule has 1 amide bonds. The highest BCUT2D eigenvalue weighted by atomic mass is 16.2. The quantitative estimate of drug-likeness (QED) is 0.789. The van der Waals surface area contributed by atoms with Crippen LogP contribution < -0.4 is 10.9 Å². The van der Waals surface area contributed by atoms with Crippen molar-refractivity contribution in [2.45, 2.75) is 18.3 Å². The summed E-state index contributed by atoms with van der Waals surface area (Å²) in [6.45, 7) is 0. The first kappa shape index (κ1) is 16.3. The van der Waals surface area contributed by atoms with Crippen LogP contribution in [0.5, 0.6) is 0 Å². The van der Waals surface area contributed by atoms with Gasteiger partial charge in [-0.1, -0.05) is 36.4 Å². The maximum Gasteiger partial charge on any atom is 0.258 e. The number of carbonyl (C=O) groups is 1. The van der Waals surface area contributed by atoms with Crippen molar-refractivity contribution in [2.75, 3.05) is 5.32 Å². The van der Waals surface area contributed by atoms with Gasteiger partial charge in [-0.05, 0) is 41.5 Å². The summed E-state index contributed by atoms with van der Waals surface area (Å²) in [5.74, 6) is 1.28. The Labute approximate surface area is 151 Å². The molecule has 2 aromatic heterocycles. The van der Waals surface area contributed by atoms with E-state index in [-0.39, 0.29) is 11.5 Å². The molecular weight excluding hydrogens is 326 g/mol. The SMILES string of the molecule is Cn1cc(C(=O)Nc2ccc(C3CC3c3ccccc3)cn2)ccc1=O. The van der Waals surface area contributed by atoms with Crippen molar-refractivity contribution in [3.63, 3.8) is 0 Å². The van der Waals surface area contributed by atoms with Gasteiger partial charge in [0, 0.05) is 25.5 Å². The zero-order valence-electron chi connectivity index (χ0n) is 14.4. The summed E-state index contributed by atoms with van der Waals surface area (Å²) in [4.78, 5) is 28.1. The number of benzene rings is 1. The van der Waals surface area contributed by atoms with Crippen molar-refractivity contribution in [3.8, 4) is 0 Å². The van der Waals surface area contributed by atoms with E-state index in [2.05, 4.69) is 34.6 Å². The average molecular weight is 345 g/mol. The molecule has 1 N–H and O–H groups in total. The molecule has 5 heteroatoms. The van der Waals surface area contributed by atoms with Gasteiger partial charge in [0.2, 0.25) is 5.56 Å². The highest BCUT2D eigenvalue weighted by Gasteiger charge is 2.39. The van der Waals surface area contributed by atoms with Gasteiger partial charge in [-0.15, -0.1) is 0 Å². The lowest BCUT2D eigenvalue weighted by molar-refractivity contribution is 0.102. The second-order valence-corrected chi connectivity index (χ2v) is 6.66. The Balaban J connectivity index is 1.43. The molecule has 0 spiro atoms. The van der Waals surface area contributed by atoms with Crippen LogP contribution in [0.1, 0.15) is 39.7 Å². The Morgan fingerprint density at radius 2 is 1.81 bits per heavy atom. The third-order valence-corrected chi connectivity index (χ3v) is 4.82. The average Bonchev–Trinajstić information content (AvgIpc) is 3.46. The largest absolute Gasteiger partial charge is 0.318 e. The van der Waals surface area contributed by atoms with Crippen molar-refractivity contribution < 1.29 is 4.79 Å². The van der Waals surface area contributed by atoms with Gasteiger partial charge < -0.3 is 9.88 Å². The Morgan fingerprint density at radius 1 is 1.04 bits per heavy atom. The number of nitrogens with zero attached hydrogens (tertiary/aromatic N) is 2. The summed E-state index contributed by atoms with van der Waals surface area (Å²) in [7, 11) is 1.62. The van der Waals surface area contributed by atoms with Crippen LogP contribution >= 0.6 is 0 Å². The molecule has 0 saturated heterocycles. The number of carbonyl (C=O) groups excluding carboxylic acids is 1. The normalized spacial score (nSPS) is 18.3. The molecule has 0 radical (unpaired) electrons. The summed E-state index contributed by atoms with van der Waals surface area (Å²) in [5, 5.41) is 2.77. The van der Waals surface area contributed by atoms with Crippen LogP contribution in [0, 0.1) is 0 Å². The lowest BCUT2D eigenvalue weighted by Crippen LogP contribution is -2.19. The first-order valence-electron chi connectivity index (χ1n) is 8.61. The Bertz CT molecular complexity index is 994. The number of hydrogen-bond acceptors (Lipinski definition) is 3. The molecule has 1 aliphatic rings. The molecule has 0 bridgehead atoms. The first-order chi connectivity index (χ1) is 12.6. The maximum absolute atomic E-state index is 12.3. The van der Waals surface area contributed by atoms with E-state index in [0.717, 1.165) is 6.42 Å². The fraction of sp³-hybridized carbons (Fsp3) is 0.190. The molecule has 4 rings (SSSR count). The second-order valence-electron chi connectivity index (χ2n) is 6.66. The third kappa shape index (κ3) is 3.28. The zero-order valence-corrected chi connectivity index (χ0v) is 14.4. The summed E-state index contributed by atoms with van der Waals surface area (Å²) in [5.41, 5.74) is 2.83. The standard InChI is InChI=1S/C21H19N3O2/c1-24-13-16(8-10-20(24)25)21(26)23-19-9-7-15(12-22-19)18-11-17(18)14-5-3-2-4-6-14/h2-10,12-13,17-18H,11H2,1H3,(H,22,23,26). The summed E-state index contributed by atoms with van der Waals surface area (Å²) in [6.07, 6.45) is 4.49. The van der Waals surface area contributed by atoms with Gasteiger partial charge in [-0.3, -0.25) is 9.59 Å². The van der Waals surface area contributed by atoms with Crippen molar-refractivity contribution >= 4 is 11.7 Å². The monoisotopic (exact) mass is 345 g/mol. The first-order valence-corrected chi connectivity index (χ1v) is 8.61. The van der Waals surface area contributed by atoms with Crippen molar-refractivity contribution in [1.29, 1.82) is 0 Å². The lowest BCUT2D eigenvalue weighted by atomic mass is 10.1. The molecule has 5 nitrogen and oxygen atoms in total. The van der Waals surface area contributed by atoms with E-state index in [1.807, 2.05) is 24.4 Å². The molecule has 1 aliphatic carbocycles. The fourth-order valence-electron chi connectivity index (χ4n) is 3.25. The van der Waals surface area contributed by atoms with Gasteiger partial charge in [0.1, 0.15) is 5.82 Å². The van der Waals surface area contributed by atoms with E-state index < -0.39 is 0 Å². The van der Waals surface area contributed by atoms with Crippen LogP contribution in [0.3, 0.4) is 0 Å². The van der Waals surface area contributed by atoms with Gasteiger partial charge in [0.05, 0.1) is 5.56 Å². The number of rotatable bonds is 4. The number of aryl methyl sites for hydroxylation is 1. The molecule has 0 aliphatic heterocycles. The minimum Gasteiger partial charge on any atom is -0.318 e. The molecular formula is C21H19N3O2. The summed E-state index contributed by atoms with van der Waals surface area (Å²) >= 11 is 0. The number of aromatic nitrogens is 2. The number of nitrogens with one attached hydrogen (secondary N) is 1. The molecule has 1 aromatic carbocycles. The van der Waals surface area contributed by atoms with Crippen LogP contribution in [-0.4, -0.2) is 15.5 Å². The number of pyridine rings is 2. The van der Waals surface area contributed by atoms with E-state index >= 15 is 0 Å². The molecule has 2 heterocycles. The fourth-order valence-corrected chi connectivity index (χ4v) is 3.25. The highest BCUT2D eigenvalue weighted by Crippen LogP contribution is 2.54. The smallest absolute Gasteiger partial charge is 0.258 e. The molecule has 1 saturated carbocycles. The molecule has 2 unspecified atom stereocenters. The van der Waals surface area contributed by atoms with Gasteiger partial charge >= 0.3 is 0 Å². The second kappa shape index (κ2) is 6.59. The topological polar surface area (TPSA) is 64.0 Å². The molecule has 3 aromatic rings. The summed E-state index contributed by atoms with van der Waals surface area (Å²) in [6, 6.07) is 17.3. The van der Waals surface area contributed by atoms with Crippen LogP contribution in [0.2, 0.25) is 0 Å². The number of anilines is 1. The number of amides is 1. The van der Waals surface area contributed by atoms with Gasteiger partial charge in [0.15, 0.2) is 0 Å². The minimum atomic E-state index is -0.283. The van der Waals surface area contributed by atoms with E-state index in [4.69, 9.17) is 0 Å². The van der Waals surface area contributed by atoms with E-state index in [1.54, 1.807) is 7.05 Å². The molecule has 2 atom stereocenters. The van der Waals surface area contributed by atoms with Gasteiger partial charge in [-0.25, -0.2) is 4.98 Å². The Kier molecular flexibility index (Phi) is 4.13. The van der Waals surface area contributed by atoms with Crippen LogP contribution in [-0.2, 0) is 7.05 Å². The van der Waals surface area contributed by atoms with Gasteiger partial charge in [-0.2, -0.15) is 0 Å². The highest BCUT2D eigenvalue weighted by molar-refractivity contribution is 6.03. The van der Waals surface area contributed by atoms with Crippen LogP contribution in [0.4, 0.5) is 5.82 Å². The van der Waals surface area contributed by atoms with Crippen molar-refractivity contribution in [1.82, 2.24) is 9.55 Å². The van der Waals surface area contributed by atoms with Crippen molar-refractivity contribution in [3.05, 3.63) is 94.0 Å². The van der Waals surface area contributed by atoms with Crippen LogP contribution in [0.15, 0.2) is 71.8 Å². The molecule has 130 valence electrons. The predicted octanol–water partition coefficient (Wildman–Crippen LogP) is 3.30. The maximum atomic E-state index is 12.3.